The number of para-hydroxylation sites is 1. The van der Waals surface area contributed by atoms with Gasteiger partial charge in [-0.15, -0.1) is 0 Å². The lowest BCUT2D eigenvalue weighted by Crippen LogP contribution is -2.21. The van der Waals surface area contributed by atoms with E-state index < -0.39 is 0 Å². The molecular weight excluding hydrogens is 326 g/mol. The fraction of sp³-hybridized carbons (Fsp3) is 0.769. The topological polar surface area (TPSA) is 3.24 Å². The number of benzene rings is 1. The van der Waals surface area contributed by atoms with Crippen LogP contribution in [0.4, 0.5) is 5.69 Å². The zero-order chi connectivity index (χ0) is 19.0. The molecule has 0 radical (unpaired) electrons. The Kier molecular flexibility index (Phi) is 12.4. The third-order valence-electron chi connectivity index (χ3n) is 6.26. The van der Waals surface area contributed by atoms with Gasteiger partial charge in [-0.25, -0.2) is 0 Å². The molecule has 0 amide bonds. The molecule has 0 aromatic heterocycles. The Morgan fingerprint density at radius 1 is 0.630 bits per heavy atom. The van der Waals surface area contributed by atoms with Gasteiger partial charge in [-0.3, -0.25) is 0 Å². The fourth-order valence-corrected chi connectivity index (χ4v) is 4.49. The highest BCUT2D eigenvalue weighted by atomic mass is 15.1. The second-order valence-corrected chi connectivity index (χ2v) is 8.67. The molecule has 1 aliphatic rings. The standard InChI is InChI=1S/C26H45N/c1-2-3-4-5-6-7-8-9-10-11-12-13-14-15-16-19-23-27-24-22-25-20-17-18-21-26(25)27/h17-18,20-21H,2-16,19,22-24H2,1H3. The summed E-state index contributed by atoms with van der Waals surface area (Å²) in [6, 6.07) is 8.96. The molecule has 1 heteroatoms. The molecule has 1 aromatic rings. The van der Waals surface area contributed by atoms with Crippen LogP contribution in [0.2, 0.25) is 0 Å². The Labute approximate surface area is 169 Å². The Hall–Kier alpha value is -0.980. The lowest BCUT2D eigenvalue weighted by molar-refractivity contribution is 0.529. The van der Waals surface area contributed by atoms with Crippen molar-refractivity contribution in [2.75, 3.05) is 18.0 Å². The first-order chi connectivity index (χ1) is 13.4. The molecule has 27 heavy (non-hydrogen) atoms. The molecule has 0 aliphatic carbocycles. The second kappa shape index (κ2) is 15.0. The summed E-state index contributed by atoms with van der Waals surface area (Å²) in [5.41, 5.74) is 3.05. The molecule has 1 nitrogen and oxygen atoms in total. The lowest BCUT2D eigenvalue weighted by Gasteiger charge is -2.19. The van der Waals surface area contributed by atoms with E-state index in [1.54, 1.807) is 5.56 Å². The second-order valence-electron chi connectivity index (χ2n) is 8.67. The van der Waals surface area contributed by atoms with Crippen molar-refractivity contribution in [3.63, 3.8) is 0 Å². The van der Waals surface area contributed by atoms with Crippen LogP contribution in [-0.2, 0) is 6.42 Å². The third-order valence-corrected chi connectivity index (χ3v) is 6.26. The van der Waals surface area contributed by atoms with Gasteiger partial charge >= 0.3 is 0 Å². The van der Waals surface area contributed by atoms with Crippen LogP contribution in [0, 0.1) is 0 Å². The molecule has 0 fully saturated rings. The van der Waals surface area contributed by atoms with Crippen LogP contribution < -0.4 is 4.90 Å². The third kappa shape index (κ3) is 9.67. The van der Waals surface area contributed by atoms with Gasteiger partial charge in [0.25, 0.3) is 0 Å². The number of anilines is 1. The molecule has 0 N–H and O–H groups in total. The Bertz CT molecular complexity index is 467. The highest BCUT2D eigenvalue weighted by Crippen LogP contribution is 2.27. The summed E-state index contributed by atoms with van der Waals surface area (Å²) in [6.07, 6.45) is 24.4. The fourth-order valence-electron chi connectivity index (χ4n) is 4.49. The van der Waals surface area contributed by atoms with Gasteiger partial charge in [0.2, 0.25) is 0 Å². The number of hydrogen-bond donors (Lipinski definition) is 0. The van der Waals surface area contributed by atoms with Crippen LogP contribution in [-0.4, -0.2) is 13.1 Å². The molecule has 0 bridgehead atoms. The van der Waals surface area contributed by atoms with Gasteiger partial charge in [-0.05, 0) is 24.5 Å². The minimum Gasteiger partial charge on any atom is -0.371 e. The molecule has 154 valence electrons. The average Bonchev–Trinajstić information content (AvgIpc) is 3.11. The number of nitrogens with zero attached hydrogens (tertiary/aromatic N) is 1. The maximum Gasteiger partial charge on any atom is 0.0399 e. The maximum atomic E-state index is 2.60. The number of fused-ring (bicyclic) bond motifs is 1. The van der Waals surface area contributed by atoms with Crippen molar-refractivity contribution in [1.29, 1.82) is 0 Å². The molecule has 0 saturated heterocycles. The Morgan fingerprint density at radius 3 is 1.67 bits per heavy atom. The van der Waals surface area contributed by atoms with E-state index in [2.05, 4.69) is 36.1 Å². The van der Waals surface area contributed by atoms with Crippen LogP contribution in [0.25, 0.3) is 0 Å². The van der Waals surface area contributed by atoms with Crippen molar-refractivity contribution in [1.82, 2.24) is 0 Å². The van der Waals surface area contributed by atoms with Crippen molar-refractivity contribution in [3.05, 3.63) is 29.8 Å². The summed E-state index contributed by atoms with van der Waals surface area (Å²) >= 11 is 0. The maximum absolute atomic E-state index is 2.60. The molecule has 1 aromatic carbocycles. The largest absolute Gasteiger partial charge is 0.371 e. The smallest absolute Gasteiger partial charge is 0.0399 e. The molecule has 2 rings (SSSR count). The van der Waals surface area contributed by atoms with E-state index >= 15 is 0 Å². The molecule has 0 spiro atoms. The molecule has 0 unspecified atom stereocenters. The highest BCUT2D eigenvalue weighted by molar-refractivity contribution is 5.57. The minimum absolute atomic E-state index is 1.23. The average molecular weight is 372 g/mol. The van der Waals surface area contributed by atoms with Gasteiger partial charge in [0.05, 0.1) is 0 Å². The van der Waals surface area contributed by atoms with E-state index in [9.17, 15) is 0 Å². The minimum atomic E-state index is 1.23. The SMILES string of the molecule is CCCCCCCCCCCCCCCCCCN1CCc2ccccc21. The van der Waals surface area contributed by atoms with E-state index in [1.807, 2.05) is 0 Å². The van der Waals surface area contributed by atoms with Crippen LogP contribution in [0.5, 0.6) is 0 Å². The Balaban J connectivity index is 1.30. The van der Waals surface area contributed by atoms with E-state index in [-0.39, 0.29) is 0 Å². The monoisotopic (exact) mass is 371 g/mol. The van der Waals surface area contributed by atoms with E-state index in [1.165, 1.54) is 128 Å². The quantitative estimate of drug-likeness (QED) is 0.249. The van der Waals surface area contributed by atoms with Gasteiger partial charge in [0.1, 0.15) is 0 Å². The summed E-state index contributed by atoms with van der Waals surface area (Å²) < 4.78 is 0. The molecule has 0 saturated carbocycles. The molecule has 1 aliphatic heterocycles. The zero-order valence-electron chi connectivity index (χ0n) is 18.2. The van der Waals surface area contributed by atoms with Crippen LogP contribution in [0.1, 0.15) is 115 Å². The summed E-state index contributed by atoms with van der Waals surface area (Å²) in [7, 11) is 0. The van der Waals surface area contributed by atoms with Crippen molar-refractivity contribution in [3.8, 4) is 0 Å². The Morgan fingerprint density at radius 2 is 1.11 bits per heavy atom. The van der Waals surface area contributed by atoms with E-state index in [0.717, 1.165) is 0 Å². The van der Waals surface area contributed by atoms with Gasteiger partial charge in [-0.2, -0.15) is 0 Å². The summed E-state index contributed by atoms with van der Waals surface area (Å²) in [4.78, 5) is 2.60. The van der Waals surface area contributed by atoms with Crippen LogP contribution in [0.3, 0.4) is 0 Å². The van der Waals surface area contributed by atoms with Crippen molar-refractivity contribution < 1.29 is 0 Å². The first-order valence-electron chi connectivity index (χ1n) is 12.2. The van der Waals surface area contributed by atoms with Crippen molar-refractivity contribution in [2.45, 2.75) is 116 Å². The molecular formula is C26H45N. The zero-order valence-corrected chi connectivity index (χ0v) is 18.2. The van der Waals surface area contributed by atoms with Gasteiger partial charge in [0, 0.05) is 18.8 Å². The normalized spacial score (nSPS) is 13.3. The number of hydrogen-bond acceptors (Lipinski definition) is 1. The predicted octanol–water partition coefficient (Wildman–Crippen LogP) is 8.31. The molecule has 0 atom stereocenters. The number of unbranched alkanes of at least 4 members (excludes halogenated alkanes) is 15. The summed E-state index contributed by atoms with van der Waals surface area (Å²) in [6.45, 7) is 4.79. The van der Waals surface area contributed by atoms with E-state index in [0.29, 0.717) is 0 Å². The number of rotatable bonds is 17. The van der Waals surface area contributed by atoms with Crippen LogP contribution >= 0.6 is 0 Å². The van der Waals surface area contributed by atoms with Crippen LogP contribution in [0.15, 0.2) is 24.3 Å². The van der Waals surface area contributed by atoms with Crippen molar-refractivity contribution in [2.24, 2.45) is 0 Å². The summed E-state index contributed by atoms with van der Waals surface area (Å²) in [5.74, 6) is 0. The predicted molar refractivity (Wildman–Crippen MR) is 122 cm³/mol. The van der Waals surface area contributed by atoms with E-state index in [4.69, 9.17) is 0 Å². The highest BCUT2D eigenvalue weighted by Gasteiger charge is 2.16. The molecule has 1 heterocycles. The summed E-state index contributed by atoms with van der Waals surface area (Å²) in [5, 5.41) is 0. The van der Waals surface area contributed by atoms with Gasteiger partial charge in [0.15, 0.2) is 0 Å². The first-order valence-corrected chi connectivity index (χ1v) is 12.2. The van der Waals surface area contributed by atoms with Gasteiger partial charge < -0.3 is 4.90 Å². The lowest BCUT2D eigenvalue weighted by atomic mass is 10.0. The van der Waals surface area contributed by atoms with Crippen molar-refractivity contribution >= 4 is 5.69 Å². The van der Waals surface area contributed by atoms with Gasteiger partial charge in [-0.1, -0.05) is 121 Å². The first kappa shape index (κ1) is 22.3.